The number of hydrogen-bond acceptors (Lipinski definition) is 2. The Kier molecular flexibility index (Phi) is 5.48. The maximum absolute atomic E-state index is 4.64. The van der Waals surface area contributed by atoms with E-state index in [9.17, 15) is 0 Å². The Labute approximate surface area is 101 Å². The monoisotopic (exact) mass is 229 g/mol. The Morgan fingerprint density at radius 3 is 2.00 bits per heavy atom. The number of nitrogens with zero attached hydrogens (tertiary/aromatic N) is 1. The first-order chi connectivity index (χ1) is 6.99. The Morgan fingerprint density at radius 2 is 1.53 bits per heavy atom. The van der Waals surface area contributed by atoms with E-state index in [4.69, 9.17) is 0 Å². The topological polar surface area (TPSA) is 3.24 Å². The average molecular weight is 229 g/mol. The van der Waals surface area contributed by atoms with Gasteiger partial charge in [0.2, 0.25) is 0 Å². The third-order valence-electron chi connectivity index (χ3n) is 3.31. The normalized spacial score (nSPS) is 23.2. The molecule has 2 heteroatoms. The molecule has 90 valence electrons. The van der Waals surface area contributed by atoms with Gasteiger partial charge in [-0.1, -0.05) is 33.1 Å². The second kappa shape index (κ2) is 6.15. The molecule has 15 heavy (non-hydrogen) atoms. The second-order valence-corrected chi connectivity index (χ2v) is 6.88. The van der Waals surface area contributed by atoms with Crippen molar-refractivity contribution >= 4 is 12.6 Å². The van der Waals surface area contributed by atoms with Crippen molar-refractivity contribution in [2.24, 2.45) is 0 Å². The molecule has 1 aliphatic rings. The Balaban J connectivity index is 2.38. The number of thiol groups is 1. The Bertz CT molecular complexity index is 166. The van der Waals surface area contributed by atoms with E-state index in [1.54, 1.807) is 0 Å². The van der Waals surface area contributed by atoms with Gasteiger partial charge in [0.05, 0.1) is 0 Å². The molecule has 1 saturated heterocycles. The summed E-state index contributed by atoms with van der Waals surface area (Å²) in [6.45, 7) is 9.39. The Hall–Kier alpha value is 0.310. The maximum atomic E-state index is 4.64. The zero-order chi connectivity index (χ0) is 11.3. The van der Waals surface area contributed by atoms with Crippen LogP contribution in [0.25, 0.3) is 0 Å². The molecule has 1 unspecified atom stereocenters. The van der Waals surface area contributed by atoms with Gasteiger partial charge < -0.3 is 4.90 Å². The predicted molar refractivity (Wildman–Crippen MR) is 71.8 cm³/mol. The molecule has 1 aliphatic heterocycles. The molecule has 0 bridgehead atoms. The van der Waals surface area contributed by atoms with Gasteiger partial charge in [-0.3, -0.25) is 0 Å². The second-order valence-electron chi connectivity index (χ2n) is 5.67. The highest BCUT2D eigenvalue weighted by atomic mass is 32.1. The summed E-state index contributed by atoms with van der Waals surface area (Å²) in [4.78, 5) is 2.66. The summed E-state index contributed by atoms with van der Waals surface area (Å²) in [5.41, 5.74) is 0. The van der Waals surface area contributed by atoms with Gasteiger partial charge in [-0.05, 0) is 39.3 Å². The van der Waals surface area contributed by atoms with Gasteiger partial charge in [0.1, 0.15) is 0 Å². The van der Waals surface area contributed by atoms with Crippen molar-refractivity contribution < 1.29 is 0 Å². The highest BCUT2D eigenvalue weighted by molar-refractivity contribution is 7.81. The van der Waals surface area contributed by atoms with Crippen LogP contribution in [0, 0.1) is 0 Å². The van der Waals surface area contributed by atoms with Crippen LogP contribution in [0.15, 0.2) is 0 Å². The van der Waals surface area contributed by atoms with E-state index in [0.717, 1.165) is 0 Å². The predicted octanol–water partition coefficient (Wildman–Crippen LogP) is 3.74. The summed E-state index contributed by atoms with van der Waals surface area (Å²) in [5, 5.41) is 0. The number of rotatable bonds is 3. The van der Waals surface area contributed by atoms with Crippen molar-refractivity contribution in [2.45, 2.75) is 70.1 Å². The molecule has 0 aliphatic carbocycles. The van der Waals surface area contributed by atoms with E-state index in [1.807, 2.05) is 0 Å². The SMILES string of the molecule is CC(CC(C)(C)S)N1CCCCCCC1. The molecule has 0 aromatic rings. The molecule has 1 fully saturated rings. The summed E-state index contributed by atoms with van der Waals surface area (Å²) in [6.07, 6.45) is 8.26. The van der Waals surface area contributed by atoms with Crippen LogP contribution < -0.4 is 0 Å². The molecular weight excluding hydrogens is 202 g/mol. The van der Waals surface area contributed by atoms with Crippen LogP contribution in [0.2, 0.25) is 0 Å². The number of hydrogen-bond donors (Lipinski definition) is 1. The molecule has 1 heterocycles. The Morgan fingerprint density at radius 1 is 1.07 bits per heavy atom. The fourth-order valence-electron chi connectivity index (χ4n) is 2.56. The van der Waals surface area contributed by atoms with Crippen LogP contribution in [-0.2, 0) is 0 Å². The highest BCUT2D eigenvalue weighted by Gasteiger charge is 2.21. The lowest BCUT2D eigenvalue weighted by molar-refractivity contribution is 0.175. The van der Waals surface area contributed by atoms with Crippen LogP contribution in [0.1, 0.15) is 59.3 Å². The lowest BCUT2D eigenvalue weighted by atomic mass is 10.0. The maximum Gasteiger partial charge on any atom is 0.00879 e. The first-order valence-corrected chi connectivity index (χ1v) is 6.90. The molecule has 0 amide bonds. The van der Waals surface area contributed by atoms with Crippen molar-refractivity contribution in [3.8, 4) is 0 Å². The minimum atomic E-state index is 0.168. The first-order valence-electron chi connectivity index (χ1n) is 6.45. The van der Waals surface area contributed by atoms with Crippen LogP contribution in [0.3, 0.4) is 0 Å². The van der Waals surface area contributed by atoms with Crippen molar-refractivity contribution in [3.63, 3.8) is 0 Å². The zero-order valence-electron chi connectivity index (χ0n) is 10.6. The van der Waals surface area contributed by atoms with Gasteiger partial charge in [0.25, 0.3) is 0 Å². The van der Waals surface area contributed by atoms with Crippen LogP contribution >= 0.6 is 12.6 Å². The van der Waals surface area contributed by atoms with E-state index in [0.29, 0.717) is 6.04 Å². The third-order valence-corrected chi connectivity index (χ3v) is 3.49. The van der Waals surface area contributed by atoms with Gasteiger partial charge in [-0.15, -0.1) is 0 Å². The first kappa shape index (κ1) is 13.4. The fraction of sp³-hybridized carbons (Fsp3) is 1.00. The van der Waals surface area contributed by atoms with E-state index in [2.05, 4.69) is 38.3 Å². The third kappa shape index (κ3) is 5.82. The summed E-state index contributed by atoms with van der Waals surface area (Å²) in [5.74, 6) is 0. The van der Waals surface area contributed by atoms with Crippen LogP contribution in [0.5, 0.6) is 0 Å². The standard InChI is InChI=1S/C13H27NS/c1-12(11-13(2,3)15)14-9-7-5-4-6-8-10-14/h12,15H,4-11H2,1-3H3. The van der Waals surface area contributed by atoms with Gasteiger partial charge in [-0.2, -0.15) is 12.6 Å². The quantitative estimate of drug-likeness (QED) is 0.722. The summed E-state index contributed by atoms with van der Waals surface area (Å²) in [6, 6.07) is 0.690. The van der Waals surface area contributed by atoms with Gasteiger partial charge in [0, 0.05) is 10.8 Å². The summed E-state index contributed by atoms with van der Waals surface area (Å²) < 4.78 is 0.168. The molecular formula is C13H27NS. The molecule has 0 N–H and O–H groups in total. The highest BCUT2D eigenvalue weighted by Crippen LogP contribution is 2.23. The molecule has 0 aromatic carbocycles. The molecule has 0 saturated carbocycles. The molecule has 0 spiro atoms. The molecule has 1 rings (SSSR count). The van der Waals surface area contributed by atoms with Crippen LogP contribution in [0.4, 0.5) is 0 Å². The van der Waals surface area contributed by atoms with Gasteiger partial charge >= 0.3 is 0 Å². The minimum Gasteiger partial charge on any atom is -0.301 e. The number of likely N-dealkylation sites (tertiary alicyclic amines) is 1. The van der Waals surface area contributed by atoms with Gasteiger partial charge in [-0.25, -0.2) is 0 Å². The lowest BCUT2D eigenvalue weighted by Gasteiger charge is -2.34. The molecule has 0 aromatic heterocycles. The zero-order valence-corrected chi connectivity index (χ0v) is 11.5. The van der Waals surface area contributed by atoms with Crippen molar-refractivity contribution in [1.82, 2.24) is 4.90 Å². The average Bonchev–Trinajstić information content (AvgIpc) is 1.98. The van der Waals surface area contributed by atoms with Crippen LogP contribution in [-0.4, -0.2) is 28.8 Å². The van der Waals surface area contributed by atoms with Crippen molar-refractivity contribution in [3.05, 3.63) is 0 Å². The summed E-state index contributed by atoms with van der Waals surface area (Å²) in [7, 11) is 0. The largest absolute Gasteiger partial charge is 0.301 e. The lowest BCUT2D eigenvalue weighted by Crippen LogP contribution is -2.38. The van der Waals surface area contributed by atoms with E-state index in [1.165, 1.54) is 51.6 Å². The van der Waals surface area contributed by atoms with E-state index in [-0.39, 0.29) is 4.75 Å². The van der Waals surface area contributed by atoms with Gasteiger partial charge in [0.15, 0.2) is 0 Å². The summed E-state index contributed by atoms with van der Waals surface area (Å²) >= 11 is 4.64. The smallest absolute Gasteiger partial charge is 0.00879 e. The van der Waals surface area contributed by atoms with Crippen molar-refractivity contribution in [2.75, 3.05) is 13.1 Å². The molecule has 1 nitrogen and oxygen atoms in total. The molecule has 0 radical (unpaired) electrons. The minimum absolute atomic E-state index is 0.168. The van der Waals surface area contributed by atoms with Crippen molar-refractivity contribution in [1.29, 1.82) is 0 Å². The van der Waals surface area contributed by atoms with E-state index >= 15 is 0 Å². The fourth-order valence-corrected chi connectivity index (χ4v) is 2.83. The molecule has 1 atom stereocenters. The van der Waals surface area contributed by atoms with E-state index < -0.39 is 0 Å².